The summed E-state index contributed by atoms with van der Waals surface area (Å²) in [4.78, 5) is 25.3. The summed E-state index contributed by atoms with van der Waals surface area (Å²) in [5.74, 6) is 0.214. The van der Waals surface area contributed by atoms with Crippen molar-refractivity contribution in [2.24, 2.45) is 0 Å². The van der Waals surface area contributed by atoms with Gasteiger partial charge in [0.25, 0.3) is 0 Å². The van der Waals surface area contributed by atoms with E-state index < -0.39 is 0 Å². The number of methoxy groups -OCH3 is 1. The summed E-state index contributed by atoms with van der Waals surface area (Å²) in [7, 11) is 1.44. The molecule has 1 amide bonds. The zero-order valence-electron chi connectivity index (χ0n) is 11.5. The van der Waals surface area contributed by atoms with Gasteiger partial charge in [0.15, 0.2) is 0 Å². The van der Waals surface area contributed by atoms with Crippen LogP contribution >= 0.6 is 11.6 Å². The van der Waals surface area contributed by atoms with E-state index in [1.807, 2.05) is 20.8 Å². The standard InChI is InChI=1S/C11H18ClN5O2/c1-5-17(6-8(18)13-7(2)3)10-14-9(12)15-11(16-10)19-4/h7H,5-6H2,1-4H3,(H,13,18). The van der Waals surface area contributed by atoms with Crippen LogP contribution in [-0.4, -0.2) is 47.1 Å². The molecule has 0 aliphatic rings. The lowest BCUT2D eigenvalue weighted by molar-refractivity contribution is -0.120. The molecule has 0 saturated carbocycles. The molecule has 19 heavy (non-hydrogen) atoms. The van der Waals surface area contributed by atoms with Crippen LogP contribution in [-0.2, 0) is 4.79 Å². The number of nitrogens with zero attached hydrogens (tertiary/aromatic N) is 4. The second kappa shape index (κ2) is 7.08. The highest BCUT2D eigenvalue weighted by Gasteiger charge is 2.15. The fourth-order valence-corrected chi connectivity index (χ4v) is 1.57. The molecule has 0 unspecified atom stereocenters. The van der Waals surface area contributed by atoms with Crippen molar-refractivity contribution in [1.82, 2.24) is 20.3 Å². The Morgan fingerprint density at radius 3 is 2.63 bits per heavy atom. The number of carbonyl (C=O) groups excluding carboxylic acids is 1. The van der Waals surface area contributed by atoms with Crippen molar-refractivity contribution in [3.63, 3.8) is 0 Å². The van der Waals surface area contributed by atoms with Crippen LogP contribution in [0.15, 0.2) is 0 Å². The molecule has 1 rings (SSSR count). The minimum atomic E-state index is -0.104. The molecular weight excluding hydrogens is 270 g/mol. The van der Waals surface area contributed by atoms with Gasteiger partial charge < -0.3 is 15.0 Å². The van der Waals surface area contributed by atoms with Gasteiger partial charge in [-0.1, -0.05) is 0 Å². The van der Waals surface area contributed by atoms with Crippen molar-refractivity contribution < 1.29 is 9.53 Å². The van der Waals surface area contributed by atoms with Gasteiger partial charge in [-0.3, -0.25) is 4.79 Å². The van der Waals surface area contributed by atoms with E-state index in [0.29, 0.717) is 12.5 Å². The van der Waals surface area contributed by atoms with Crippen molar-refractivity contribution >= 4 is 23.5 Å². The van der Waals surface area contributed by atoms with E-state index >= 15 is 0 Å². The Morgan fingerprint density at radius 2 is 2.11 bits per heavy atom. The van der Waals surface area contributed by atoms with Crippen molar-refractivity contribution in [2.45, 2.75) is 26.8 Å². The highest BCUT2D eigenvalue weighted by Crippen LogP contribution is 2.14. The summed E-state index contributed by atoms with van der Waals surface area (Å²) in [6.45, 7) is 6.41. The van der Waals surface area contributed by atoms with Crippen LogP contribution in [0.4, 0.5) is 5.95 Å². The van der Waals surface area contributed by atoms with Gasteiger partial charge in [-0.15, -0.1) is 0 Å². The molecule has 8 heteroatoms. The number of amides is 1. The van der Waals surface area contributed by atoms with E-state index in [1.165, 1.54) is 7.11 Å². The van der Waals surface area contributed by atoms with Crippen LogP contribution < -0.4 is 15.0 Å². The Labute approximate surface area is 117 Å². The zero-order chi connectivity index (χ0) is 14.4. The lowest BCUT2D eigenvalue weighted by atomic mass is 10.4. The summed E-state index contributed by atoms with van der Waals surface area (Å²) in [5, 5.41) is 2.84. The Balaban J connectivity index is 2.84. The van der Waals surface area contributed by atoms with Crippen LogP contribution in [0.2, 0.25) is 5.28 Å². The second-order valence-electron chi connectivity index (χ2n) is 4.13. The van der Waals surface area contributed by atoms with Gasteiger partial charge >= 0.3 is 6.01 Å². The molecule has 0 atom stereocenters. The van der Waals surface area contributed by atoms with Crippen molar-refractivity contribution in [3.8, 4) is 6.01 Å². The van der Waals surface area contributed by atoms with Gasteiger partial charge in [0, 0.05) is 12.6 Å². The number of aromatic nitrogens is 3. The van der Waals surface area contributed by atoms with E-state index in [9.17, 15) is 4.79 Å². The predicted octanol–water partition coefficient (Wildman–Crippen LogP) is 0.884. The molecular formula is C11H18ClN5O2. The number of rotatable bonds is 6. The van der Waals surface area contributed by atoms with Crippen LogP contribution in [0.5, 0.6) is 6.01 Å². The molecule has 0 saturated heterocycles. The maximum absolute atomic E-state index is 11.7. The lowest BCUT2D eigenvalue weighted by Gasteiger charge is -2.21. The largest absolute Gasteiger partial charge is 0.467 e. The molecule has 0 aromatic carbocycles. The number of hydrogen-bond acceptors (Lipinski definition) is 6. The van der Waals surface area contributed by atoms with Crippen LogP contribution in [0.1, 0.15) is 20.8 Å². The number of halogens is 1. The predicted molar refractivity (Wildman–Crippen MR) is 72.6 cm³/mol. The molecule has 0 bridgehead atoms. The maximum atomic E-state index is 11.7. The fraction of sp³-hybridized carbons (Fsp3) is 0.636. The average molecular weight is 288 g/mol. The zero-order valence-corrected chi connectivity index (χ0v) is 12.2. The Hall–Kier alpha value is -1.63. The number of likely N-dealkylation sites (N-methyl/N-ethyl adjacent to an activating group) is 1. The first-order chi connectivity index (χ1) is 8.96. The summed E-state index contributed by atoms with van der Waals surface area (Å²) in [6.07, 6.45) is 0. The van der Waals surface area contributed by atoms with Gasteiger partial charge in [0.1, 0.15) is 0 Å². The summed E-state index contributed by atoms with van der Waals surface area (Å²) >= 11 is 5.78. The molecule has 0 fully saturated rings. The first-order valence-electron chi connectivity index (χ1n) is 5.96. The number of nitrogens with one attached hydrogen (secondary N) is 1. The van der Waals surface area contributed by atoms with Crippen LogP contribution in [0.3, 0.4) is 0 Å². The highest BCUT2D eigenvalue weighted by atomic mass is 35.5. The summed E-state index contributed by atoms with van der Waals surface area (Å²) in [6, 6.07) is 0.209. The summed E-state index contributed by atoms with van der Waals surface area (Å²) in [5.41, 5.74) is 0. The first kappa shape index (κ1) is 15.4. The number of hydrogen-bond donors (Lipinski definition) is 1. The smallest absolute Gasteiger partial charge is 0.322 e. The number of carbonyl (C=O) groups is 1. The SMILES string of the molecule is CCN(CC(=O)NC(C)C)c1nc(Cl)nc(OC)n1. The minimum Gasteiger partial charge on any atom is -0.467 e. The number of anilines is 1. The third-order valence-electron chi connectivity index (χ3n) is 2.21. The quantitative estimate of drug-likeness (QED) is 0.837. The van der Waals surface area contributed by atoms with E-state index in [1.54, 1.807) is 4.90 Å². The molecule has 106 valence electrons. The summed E-state index contributed by atoms with van der Waals surface area (Å²) < 4.78 is 4.93. The van der Waals surface area contributed by atoms with Gasteiger partial charge in [-0.2, -0.15) is 15.0 Å². The molecule has 0 spiro atoms. The fourth-order valence-electron chi connectivity index (χ4n) is 1.42. The monoisotopic (exact) mass is 287 g/mol. The molecule has 1 N–H and O–H groups in total. The third-order valence-corrected chi connectivity index (χ3v) is 2.38. The van der Waals surface area contributed by atoms with E-state index in [2.05, 4.69) is 20.3 Å². The normalized spacial score (nSPS) is 10.4. The Kier molecular flexibility index (Phi) is 5.75. The molecule has 1 aromatic rings. The highest BCUT2D eigenvalue weighted by molar-refractivity contribution is 6.28. The average Bonchev–Trinajstić information content (AvgIpc) is 2.34. The molecule has 7 nitrogen and oxygen atoms in total. The van der Waals surface area contributed by atoms with Gasteiger partial charge in [-0.25, -0.2) is 0 Å². The lowest BCUT2D eigenvalue weighted by Crippen LogP contribution is -2.40. The third kappa shape index (κ3) is 4.86. The molecule has 0 aliphatic carbocycles. The molecule has 1 heterocycles. The van der Waals surface area contributed by atoms with Gasteiger partial charge in [0.2, 0.25) is 17.1 Å². The van der Waals surface area contributed by atoms with Crippen molar-refractivity contribution in [3.05, 3.63) is 5.28 Å². The molecule has 1 aromatic heterocycles. The van der Waals surface area contributed by atoms with E-state index in [4.69, 9.17) is 16.3 Å². The minimum absolute atomic E-state index is 0.0320. The second-order valence-corrected chi connectivity index (χ2v) is 4.47. The van der Waals surface area contributed by atoms with Crippen LogP contribution in [0.25, 0.3) is 0 Å². The van der Waals surface area contributed by atoms with Gasteiger partial charge in [-0.05, 0) is 32.4 Å². The maximum Gasteiger partial charge on any atom is 0.322 e. The topological polar surface area (TPSA) is 80.2 Å². The first-order valence-corrected chi connectivity index (χ1v) is 6.34. The van der Waals surface area contributed by atoms with E-state index in [-0.39, 0.29) is 29.8 Å². The van der Waals surface area contributed by atoms with Crippen LogP contribution in [0, 0.1) is 0 Å². The number of ether oxygens (including phenoxy) is 1. The Bertz CT molecular complexity index is 441. The van der Waals surface area contributed by atoms with Crippen molar-refractivity contribution in [1.29, 1.82) is 0 Å². The Morgan fingerprint density at radius 1 is 1.42 bits per heavy atom. The molecule has 0 aliphatic heterocycles. The van der Waals surface area contributed by atoms with E-state index in [0.717, 1.165) is 0 Å². The molecule has 0 radical (unpaired) electrons. The van der Waals surface area contributed by atoms with Crippen molar-refractivity contribution in [2.75, 3.05) is 25.1 Å². The van der Waals surface area contributed by atoms with Gasteiger partial charge in [0.05, 0.1) is 13.7 Å².